The van der Waals surface area contributed by atoms with Gasteiger partial charge in [-0.25, -0.2) is 0 Å². The fourth-order valence-electron chi connectivity index (χ4n) is 1.92. The van der Waals surface area contributed by atoms with Crippen LogP contribution in [0.4, 0.5) is 0 Å². The Morgan fingerprint density at radius 1 is 0.640 bits per heavy atom. The van der Waals surface area contributed by atoms with Gasteiger partial charge in [0.25, 0.3) is 0 Å². The van der Waals surface area contributed by atoms with Crippen LogP contribution in [0.1, 0.15) is 19.3 Å². The van der Waals surface area contributed by atoms with E-state index in [0.717, 1.165) is 0 Å². The second-order valence-electron chi connectivity index (χ2n) is 5.01. The van der Waals surface area contributed by atoms with Crippen LogP contribution in [0.5, 0.6) is 11.5 Å². The molecule has 0 spiro atoms. The molecule has 2 aromatic rings. The molecule has 0 aliphatic carbocycles. The lowest BCUT2D eigenvalue weighted by Gasteiger charge is -2.06. The predicted octanol–water partition coefficient (Wildman–Crippen LogP) is 5.98. The van der Waals surface area contributed by atoms with E-state index in [9.17, 15) is 9.59 Å². The van der Waals surface area contributed by atoms with Crippen molar-refractivity contribution in [1.29, 1.82) is 0 Å². The lowest BCUT2D eigenvalue weighted by molar-refractivity contribution is -0.136. The maximum absolute atomic E-state index is 11.8. The lowest BCUT2D eigenvalue weighted by Crippen LogP contribution is -2.11. The fourth-order valence-corrected chi connectivity index (χ4v) is 2.93. The smallest absolute Gasteiger partial charge is 0.311 e. The van der Waals surface area contributed by atoms with Gasteiger partial charge in [-0.3, -0.25) is 9.59 Å². The van der Waals surface area contributed by atoms with Crippen molar-refractivity contribution < 1.29 is 19.1 Å². The molecule has 0 atom stereocenters. The molecule has 0 N–H and O–H groups in total. The highest BCUT2D eigenvalue weighted by atomic mass is 35.5. The third-order valence-corrected chi connectivity index (χ3v) is 3.77. The Bertz CT molecular complexity index is 686. The molecule has 0 radical (unpaired) electrons. The highest BCUT2D eigenvalue weighted by molar-refractivity contribution is 6.35. The number of esters is 2. The number of carbonyl (C=O) groups excluding carboxylic acids is 2. The average Bonchev–Trinajstić information content (AvgIpc) is 2.44. The third-order valence-electron chi connectivity index (χ3n) is 2.90. The molecule has 2 rings (SSSR count). The summed E-state index contributed by atoms with van der Waals surface area (Å²) in [6.45, 7) is 0. The summed E-state index contributed by atoms with van der Waals surface area (Å²) in [4.78, 5) is 23.5. The van der Waals surface area contributed by atoms with E-state index in [0.29, 0.717) is 20.1 Å². The van der Waals surface area contributed by atoms with Crippen LogP contribution in [0.3, 0.4) is 0 Å². The molecule has 0 saturated carbocycles. The van der Waals surface area contributed by atoms with Gasteiger partial charge < -0.3 is 9.47 Å². The standard InChI is InChI=1S/C17H12Cl4O4/c18-10-4-11(19)7-14(6-10)24-16(22)2-1-3-17(23)25-15-8-12(20)5-13(21)9-15/h4-9H,1-3H2. The summed E-state index contributed by atoms with van der Waals surface area (Å²) >= 11 is 23.3. The molecule has 25 heavy (non-hydrogen) atoms. The zero-order valence-corrected chi connectivity index (χ0v) is 15.8. The zero-order valence-electron chi connectivity index (χ0n) is 12.7. The molecule has 0 amide bonds. The SMILES string of the molecule is O=C(CCCC(=O)Oc1cc(Cl)cc(Cl)c1)Oc1cc(Cl)cc(Cl)c1. The first-order valence-electron chi connectivity index (χ1n) is 7.15. The van der Waals surface area contributed by atoms with E-state index in [1.165, 1.54) is 36.4 Å². The Morgan fingerprint density at radius 3 is 1.28 bits per heavy atom. The maximum Gasteiger partial charge on any atom is 0.311 e. The van der Waals surface area contributed by atoms with Gasteiger partial charge in [0.2, 0.25) is 0 Å². The molecule has 2 aromatic carbocycles. The number of hydrogen-bond donors (Lipinski definition) is 0. The van der Waals surface area contributed by atoms with Gasteiger partial charge in [-0.1, -0.05) is 46.4 Å². The van der Waals surface area contributed by atoms with Crippen LogP contribution < -0.4 is 9.47 Å². The Morgan fingerprint density at radius 2 is 0.960 bits per heavy atom. The minimum atomic E-state index is -0.503. The van der Waals surface area contributed by atoms with E-state index >= 15 is 0 Å². The van der Waals surface area contributed by atoms with Crippen molar-refractivity contribution in [1.82, 2.24) is 0 Å². The van der Waals surface area contributed by atoms with Gasteiger partial charge in [0.05, 0.1) is 0 Å². The fraction of sp³-hybridized carbons (Fsp3) is 0.176. The number of ether oxygens (including phenoxy) is 2. The molecule has 0 aromatic heterocycles. The molecule has 0 fully saturated rings. The van der Waals surface area contributed by atoms with Crippen molar-refractivity contribution in [3.05, 3.63) is 56.5 Å². The van der Waals surface area contributed by atoms with Crippen molar-refractivity contribution in [2.75, 3.05) is 0 Å². The molecule has 0 aliphatic rings. The van der Waals surface area contributed by atoms with Gasteiger partial charge in [0.1, 0.15) is 11.5 Å². The topological polar surface area (TPSA) is 52.6 Å². The maximum atomic E-state index is 11.8. The minimum Gasteiger partial charge on any atom is -0.426 e. The van der Waals surface area contributed by atoms with Crippen LogP contribution in [0.25, 0.3) is 0 Å². The highest BCUT2D eigenvalue weighted by Gasteiger charge is 2.11. The Kier molecular flexibility index (Phi) is 7.38. The van der Waals surface area contributed by atoms with E-state index < -0.39 is 11.9 Å². The molecule has 4 nitrogen and oxygen atoms in total. The molecule has 0 saturated heterocycles. The zero-order chi connectivity index (χ0) is 18.4. The van der Waals surface area contributed by atoms with Crippen molar-refractivity contribution >= 4 is 58.3 Å². The summed E-state index contributed by atoms with van der Waals surface area (Å²) in [5.41, 5.74) is 0. The van der Waals surface area contributed by atoms with Gasteiger partial charge in [-0.05, 0) is 42.8 Å². The lowest BCUT2D eigenvalue weighted by atomic mass is 10.2. The number of carbonyl (C=O) groups is 2. The average molecular weight is 422 g/mol. The van der Waals surface area contributed by atoms with Gasteiger partial charge in [-0.2, -0.15) is 0 Å². The summed E-state index contributed by atoms with van der Waals surface area (Å²) in [6, 6.07) is 8.95. The normalized spacial score (nSPS) is 10.4. The highest BCUT2D eigenvalue weighted by Crippen LogP contribution is 2.25. The summed E-state index contributed by atoms with van der Waals surface area (Å²) in [6.07, 6.45) is 0.339. The van der Waals surface area contributed by atoms with Crippen LogP contribution in [-0.4, -0.2) is 11.9 Å². The first-order valence-corrected chi connectivity index (χ1v) is 8.66. The summed E-state index contributed by atoms with van der Waals surface area (Å²) in [5, 5.41) is 1.44. The van der Waals surface area contributed by atoms with Gasteiger partial charge >= 0.3 is 11.9 Å². The molecule has 0 heterocycles. The van der Waals surface area contributed by atoms with E-state index in [1.54, 1.807) is 0 Å². The van der Waals surface area contributed by atoms with E-state index in [-0.39, 0.29) is 30.8 Å². The second kappa shape index (κ2) is 9.30. The minimum absolute atomic E-state index is 0.0372. The quantitative estimate of drug-likeness (QED) is 0.425. The first-order chi connectivity index (χ1) is 11.8. The largest absolute Gasteiger partial charge is 0.426 e. The van der Waals surface area contributed by atoms with E-state index in [2.05, 4.69) is 0 Å². The summed E-state index contributed by atoms with van der Waals surface area (Å²) in [5.74, 6) is -0.508. The second-order valence-corrected chi connectivity index (χ2v) is 6.76. The van der Waals surface area contributed by atoms with Crippen LogP contribution >= 0.6 is 46.4 Å². The molecule has 0 bridgehead atoms. The van der Waals surface area contributed by atoms with Gasteiger partial charge in [0, 0.05) is 32.9 Å². The van der Waals surface area contributed by atoms with Crippen molar-refractivity contribution in [2.45, 2.75) is 19.3 Å². The third kappa shape index (κ3) is 7.12. The Labute approximate surface area is 164 Å². The van der Waals surface area contributed by atoms with Crippen molar-refractivity contribution in [3.8, 4) is 11.5 Å². The molecular weight excluding hydrogens is 410 g/mol. The van der Waals surface area contributed by atoms with E-state index in [4.69, 9.17) is 55.9 Å². The van der Waals surface area contributed by atoms with Crippen LogP contribution in [0.15, 0.2) is 36.4 Å². The van der Waals surface area contributed by atoms with Crippen LogP contribution in [-0.2, 0) is 9.59 Å². The Hall–Kier alpha value is -1.46. The van der Waals surface area contributed by atoms with Crippen LogP contribution in [0.2, 0.25) is 20.1 Å². The first kappa shape index (κ1) is 19.9. The molecule has 0 unspecified atom stereocenters. The predicted molar refractivity (Wildman–Crippen MR) is 98.0 cm³/mol. The molecule has 8 heteroatoms. The number of hydrogen-bond acceptors (Lipinski definition) is 4. The van der Waals surface area contributed by atoms with Gasteiger partial charge in [-0.15, -0.1) is 0 Å². The van der Waals surface area contributed by atoms with Crippen molar-refractivity contribution in [3.63, 3.8) is 0 Å². The molecule has 132 valence electrons. The summed E-state index contributed by atoms with van der Waals surface area (Å²) < 4.78 is 10.2. The number of benzene rings is 2. The summed E-state index contributed by atoms with van der Waals surface area (Å²) in [7, 11) is 0. The number of rotatable bonds is 6. The number of halogens is 4. The van der Waals surface area contributed by atoms with Crippen LogP contribution in [0, 0.1) is 0 Å². The van der Waals surface area contributed by atoms with Crippen molar-refractivity contribution in [2.24, 2.45) is 0 Å². The van der Waals surface area contributed by atoms with Gasteiger partial charge in [0.15, 0.2) is 0 Å². The molecule has 0 aliphatic heterocycles. The Balaban J connectivity index is 1.77. The monoisotopic (exact) mass is 420 g/mol. The van der Waals surface area contributed by atoms with E-state index in [1.807, 2.05) is 0 Å². The molecular formula is C17H12Cl4O4.